The zero-order valence-corrected chi connectivity index (χ0v) is 14.8. The Labute approximate surface area is 157 Å². The molecule has 4 aromatic rings. The van der Waals surface area contributed by atoms with Gasteiger partial charge >= 0.3 is 6.29 Å². The Morgan fingerprint density at radius 3 is 2.61 bits per heavy atom. The van der Waals surface area contributed by atoms with Crippen molar-refractivity contribution in [1.82, 2.24) is 24.6 Å². The molecular formula is C19H13F2N5O2. The van der Waals surface area contributed by atoms with Crippen LogP contribution in [0.1, 0.15) is 22.9 Å². The lowest BCUT2D eigenvalue weighted by molar-refractivity contribution is -0.286. The summed E-state index contributed by atoms with van der Waals surface area (Å²) in [6.45, 7) is 3.77. The number of pyridine rings is 1. The number of benzene rings is 1. The topological polar surface area (TPSA) is 74.4 Å². The van der Waals surface area contributed by atoms with Gasteiger partial charge < -0.3 is 9.47 Å². The van der Waals surface area contributed by atoms with Gasteiger partial charge in [0.15, 0.2) is 23.0 Å². The Balaban J connectivity index is 1.49. The van der Waals surface area contributed by atoms with E-state index in [0.717, 1.165) is 11.4 Å². The average Bonchev–Trinajstić information content (AvgIpc) is 3.21. The first-order chi connectivity index (χ1) is 13.4. The molecule has 0 N–H and O–H groups in total. The summed E-state index contributed by atoms with van der Waals surface area (Å²) in [5.74, 6) is 0.480. The van der Waals surface area contributed by atoms with Crippen LogP contribution in [0.4, 0.5) is 8.78 Å². The maximum atomic E-state index is 13.2. The fourth-order valence-electron chi connectivity index (χ4n) is 3.02. The van der Waals surface area contributed by atoms with E-state index in [0.29, 0.717) is 28.1 Å². The summed E-state index contributed by atoms with van der Waals surface area (Å²) in [5, 5.41) is 5.11. The molecule has 1 aliphatic rings. The van der Waals surface area contributed by atoms with E-state index in [9.17, 15) is 8.78 Å². The molecule has 0 spiro atoms. The lowest BCUT2D eigenvalue weighted by atomic mass is 10.1. The van der Waals surface area contributed by atoms with E-state index in [1.165, 1.54) is 12.1 Å². The fraction of sp³-hybridized carbons (Fsp3) is 0.158. The van der Waals surface area contributed by atoms with Gasteiger partial charge in [0.2, 0.25) is 0 Å². The van der Waals surface area contributed by atoms with Crippen molar-refractivity contribution in [3.8, 4) is 11.5 Å². The highest BCUT2D eigenvalue weighted by Crippen LogP contribution is 2.42. The number of alkyl halides is 2. The minimum atomic E-state index is -3.65. The minimum Gasteiger partial charge on any atom is -0.395 e. The number of nitrogens with zero attached hydrogens (tertiary/aromatic N) is 5. The number of hydrogen-bond donors (Lipinski definition) is 0. The molecule has 1 aliphatic heterocycles. The van der Waals surface area contributed by atoms with E-state index in [1.54, 1.807) is 35.0 Å². The van der Waals surface area contributed by atoms with Crippen LogP contribution >= 0.6 is 0 Å². The van der Waals surface area contributed by atoms with Crippen LogP contribution in [0, 0.1) is 13.8 Å². The van der Waals surface area contributed by atoms with E-state index < -0.39 is 6.29 Å². The monoisotopic (exact) mass is 381 g/mol. The van der Waals surface area contributed by atoms with Crippen LogP contribution in [0.3, 0.4) is 0 Å². The third-order valence-corrected chi connectivity index (χ3v) is 4.36. The zero-order chi connectivity index (χ0) is 19.5. The third kappa shape index (κ3) is 2.72. The first kappa shape index (κ1) is 16.5. The molecule has 28 heavy (non-hydrogen) atoms. The Kier molecular flexibility index (Phi) is 3.36. The molecule has 0 atom stereocenters. The number of rotatable bonds is 2. The number of hydrogen-bond acceptors (Lipinski definition) is 6. The largest absolute Gasteiger partial charge is 0.586 e. The van der Waals surface area contributed by atoms with Gasteiger partial charge in [-0.25, -0.2) is 14.5 Å². The van der Waals surface area contributed by atoms with Gasteiger partial charge in [-0.05, 0) is 38.1 Å². The molecule has 3 aromatic heterocycles. The Morgan fingerprint density at radius 2 is 1.82 bits per heavy atom. The van der Waals surface area contributed by atoms with Gasteiger partial charge in [-0.1, -0.05) is 6.07 Å². The predicted molar refractivity (Wildman–Crippen MR) is 97.1 cm³/mol. The number of aromatic nitrogens is 5. The highest BCUT2D eigenvalue weighted by atomic mass is 19.3. The van der Waals surface area contributed by atoms with Crippen LogP contribution < -0.4 is 9.47 Å². The van der Waals surface area contributed by atoms with E-state index >= 15 is 0 Å². The first-order valence-electron chi connectivity index (χ1n) is 8.46. The maximum Gasteiger partial charge on any atom is 0.586 e. The molecule has 0 bridgehead atoms. The third-order valence-electron chi connectivity index (χ3n) is 4.36. The molecule has 0 saturated carbocycles. The summed E-state index contributed by atoms with van der Waals surface area (Å²) in [5.41, 5.74) is 3.50. The highest BCUT2D eigenvalue weighted by Gasteiger charge is 2.43. The second-order valence-electron chi connectivity index (χ2n) is 6.42. The van der Waals surface area contributed by atoms with Crippen LogP contribution in [0.2, 0.25) is 0 Å². The number of fused-ring (bicyclic) bond motifs is 3. The van der Waals surface area contributed by atoms with Crippen LogP contribution in [0.15, 0.2) is 30.5 Å². The summed E-state index contributed by atoms with van der Waals surface area (Å²) in [6, 6.07) is 6.46. The SMILES string of the molecule is Cc1ncc(C)n2nc(C=Cc3ccc4cc5c(cc4n3)OC(F)(F)O5)nc12. The van der Waals surface area contributed by atoms with Gasteiger partial charge in [-0.3, -0.25) is 4.98 Å². The van der Waals surface area contributed by atoms with Crippen LogP contribution in [-0.2, 0) is 0 Å². The smallest absolute Gasteiger partial charge is 0.395 e. The Bertz CT molecular complexity index is 1240. The quantitative estimate of drug-likeness (QED) is 0.526. The van der Waals surface area contributed by atoms with E-state index in [4.69, 9.17) is 0 Å². The maximum absolute atomic E-state index is 13.2. The van der Waals surface area contributed by atoms with Crippen molar-refractivity contribution in [2.45, 2.75) is 20.1 Å². The molecule has 0 fully saturated rings. The summed E-state index contributed by atoms with van der Waals surface area (Å²) in [6.07, 6.45) is 1.58. The minimum absolute atomic E-state index is 0.00385. The molecule has 7 nitrogen and oxygen atoms in total. The van der Waals surface area contributed by atoms with Gasteiger partial charge in [0.25, 0.3) is 0 Å². The molecule has 0 unspecified atom stereocenters. The number of halogens is 2. The predicted octanol–water partition coefficient (Wildman–Crippen LogP) is 3.78. The van der Waals surface area contributed by atoms with Gasteiger partial charge in [-0.2, -0.15) is 0 Å². The summed E-state index contributed by atoms with van der Waals surface area (Å²) in [4.78, 5) is 13.2. The standard InChI is InChI=1S/C19H13F2N5O2/c1-10-9-22-11(2)18-24-17(25-26(10)18)6-5-13-4-3-12-7-15-16(8-14(12)23-13)28-19(20,21)27-15/h3-9H,1-2H3. The van der Waals surface area contributed by atoms with Crippen molar-refractivity contribution in [1.29, 1.82) is 0 Å². The second kappa shape index (κ2) is 5.69. The molecule has 0 saturated heterocycles. The van der Waals surface area contributed by atoms with Crippen molar-refractivity contribution in [3.05, 3.63) is 53.4 Å². The van der Waals surface area contributed by atoms with Crippen molar-refractivity contribution < 1.29 is 18.3 Å². The molecule has 9 heteroatoms. The first-order valence-corrected chi connectivity index (χ1v) is 8.46. The molecule has 1 aromatic carbocycles. The molecule has 4 heterocycles. The average molecular weight is 381 g/mol. The van der Waals surface area contributed by atoms with Crippen LogP contribution in [0.25, 0.3) is 28.7 Å². The van der Waals surface area contributed by atoms with Crippen molar-refractivity contribution in [2.75, 3.05) is 0 Å². The molecule has 0 radical (unpaired) electrons. The molecule has 0 amide bonds. The second-order valence-corrected chi connectivity index (χ2v) is 6.42. The normalized spacial score (nSPS) is 15.1. The number of aryl methyl sites for hydroxylation is 2. The van der Waals surface area contributed by atoms with Gasteiger partial charge in [0.1, 0.15) is 0 Å². The zero-order valence-electron chi connectivity index (χ0n) is 14.8. The van der Waals surface area contributed by atoms with Gasteiger partial charge in [-0.15, -0.1) is 13.9 Å². The Morgan fingerprint density at radius 1 is 1.04 bits per heavy atom. The fourth-order valence-corrected chi connectivity index (χ4v) is 3.02. The molecule has 140 valence electrons. The van der Waals surface area contributed by atoms with Gasteiger partial charge in [0, 0.05) is 17.6 Å². The lowest BCUT2D eigenvalue weighted by Gasteiger charge is -2.04. The van der Waals surface area contributed by atoms with Crippen LogP contribution in [0.5, 0.6) is 11.5 Å². The number of ether oxygens (including phenoxy) is 2. The van der Waals surface area contributed by atoms with Gasteiger partial charge in [0.05, 0.1) is 22.6 Å². The Hall–Kier alpha value is -3.62. The molecule has 0 aliphatic carbocycles. The van der Waals surface area contributed by atoms with Crippen molar-refractivity contribution in [2.24, 2.45) is 0 Å². The summed E-state index contributed by atoms with van der Waals surface area (Å²) >= 11 is 0. The summed E-state index contributed by atoms with van der Waals surface area (Å²) in [7, 11) is 0. The van der Waals surface area contributed by atoms with E-state index in [2.05, 4.69) is 29.5 Å². The van der Waals surface area contributed by atoms with Crippen molar-refractivity contribution in [3.63, 3.8) is 0 Å². The molecular weight excluding hydrogens is 368 g/mol. The summed E-state index contributed by atoms with van der Waals surface area (Å²) < 4.78 is 37.1. The van der Waals surface area contributed by atoms with E-state index in [-0.39, 0.29) is 11.5 Å². The van der Waals surface area contributed by atoms with E-state index in [1.807, 2.05) is 13.8 Å². The van der Waals surface area contributed by atoms with Crippen molar-refractivity contribution >= 4 is 28.7 Å². The lowest BCUT2D eigenvalue weighted by Crippen LogP contribution is -2.25. The highest BCUT2D eigenvalue weighted by molar-refractivity contribution is 5.84. The van der Waals surface area contributed by atoms with Crippen LogP contribution in [-0.4, -0.2) is 30.9 Å². The molecule has 5 rings (SSSR count).